The summed E-state index contributed by atoms with van der Waals surface area (Å²) in [5.41, 5.74) is 0. The van der Waals surface area contributed by atoms with E-state index in [1.165, 1.54) is 77.0 Å². The van der Waals surface area contributed by atoms with Crippen molar-refractivity contribution in [1.82, 2.24) is 10.2 Å². The maximum absolute atomic E-state index is 13.0. The van der Waals surface area contributed by atoms with Crippen LogP contribution in [0.3, 0.4) is 0 Å². The summed E-state index contributed by atoms with van der Waals surface area (Å²) in [6.45, 7) is 13.7. The number of piperazine rings is 1. The first kappa shape index (κ1) is 50.8. The summed E-state index contributed by atoms with van der Waals surface area (Å²) >= 11 is 0. The fourth-order valence-electron chi connectivity index (χ4n) is 8.24. The maximum Gasteiger partial charge on any atom is 0.308 e. The Morgan fingerprint density at radius 1 is 0.519 bits per heavy atom. The number of nitrogens with zero attached hydrogens (tertiary/aromatic N) is 1. The third-order valence-electron chi connectivity index (χ3n) is 11.7. The number of carbonyl (C=O) groups excluding carboxylic acids is 2. The maximum atomic E-state index is 13.0. The van der Waals surface area contributed by atoms with Crippen LogP contribution >= 0.6 is 0 Å². The van der Waals surface area contributed by atoms with E-state index in [2.05, 4.69) is 37.9 Å². The zero-order chi connectivity index (χ0) is 39.3. The molecular formula is C47H92N2O5. The van der Waals surface area contributed by atoms with Gasteiger partial charge in [0, 0.05) is 31.8 Å². The van der Waals surface area contributed by atoms with Crippen molar-refractivity contribution in [2.45, 2.75) is 239 Å². The molecule has 0 aromatic carbocycles. The Balaban J connectivity index is 2.45. The lowest BCUT2D eigenvalue weighted by molar-refractivity contribution is -0.150. The predicted octanol–water partition coefficient (Wildman–Crippen LogP) is 12.1. The summed E-state index contributed by atoms with van der Waals surface area (Å²) in [5, 5.41) is 13.2. The topological polar surface area (TPSA) is 88.1 Å². The minimum atomic E-state index is 0.0505. The summed E-state index contributed by atoms with van der Waals surface area (Å²) < 4.78 is 11.7. The van der Waals surface area contributed by atoms with Gasteiger partial charge in [-0.15, -0.1) is 0 Å². The molecule has 7 heteroatoms. The summed E-state index contributed by atoms with van der Waals surface area (Å²) in [6.07, 6.45) is 35.2. The van der Waals surface area contributed by atoms with Crippen LogP contribution in [-0.4, -0.2) is 73.5 Å². The molecule has 1 aliphatic rings. The molecule has 1 rings (SSSR count). The molecule has 1 fully saturated rings. The third-order valence-corrected chi connectivity index (χ3v) is 11.7. The van der Waals surface area contributed by atoms with Crippen molar-refractivity contribution in [3.8, 4) is 0 Å². The number of aliphatic hydroxyl groups excluding tert-OH is 1. The number of esters is 2. The van der Waals surface area contributed by atoms with Crippen LogP contribution < -0.4 is 5.32 Å². The highest BCUT2D eigenvalue weighted by Crippen LogP contribution is 2.22. The minimum Gasteiger partial charge on any atom is -0.465 e. The zero-order valence-electron chi connectivity index (χ0n) is 36.5. The van der Waals surface area contributed by atoms with Crippen LogP contribution in [0.1, 0.15) is 227 Å². The third kappa shape index (κ3) is 28.3. The van der Waals surface area contributed by atoms with E-state index in [1.807, 2.05) is 0 Å². The highest BCUT2D eigenvalue weighted by atomic mass is 16.5. The highest BCUT2D eigenvalue weighted by molar-refractivity contribution is 5.72. The van der Waals surface area contributed by atoms with Gasteiger partial charge >= 0.3 is 11.9 Å². The quantitative estimate of drug-likeness (QED) is 0.0476. The van der Waals surface area contributed by atoms with Crippen LogP contribution in [0, 0.1) is 11.8 Å². The number of hydrogen-bond acceptors (Lipinski definition) is 7. The Bertz CT molecular complexity index is 757. The summed E-state index contributed by atoms with van der Waals surface area (Å²) in [4.78, 5) is 28.6. The predicted molar refractivity (Wildman–Crippen MR) is 229 cm³/mol. The molecule has 1 heterocycles. The lowest BCUT2D eigenvalue weighted by Gasteiger charge is -2.39. The average molecular weight is 765 g/mol. The Morgan fingerprint density at radius 3 is 1.26 bits per heavy atom. The standard InChI is InChI=1S/C47H92N2O5/c1-5-9-13-20-30-42(31-21-14-10-6-2)46(51)53-38-28-17-24-34-44-40-49(36-26-19-27-37-50)41-45(48-44)35-25-18-29-39-54-47(52)43(32-22-15-11-7-3)33-23-16-12-8-4/h42-45,48,50H,5-41H2,1-4H3. The van der Waals surface area contributed by atoms with Crippen molar-refractivity contribution < 1.29 is 24.2 Å². The van der Waals surface area contributed by atoms with Crippen LogP contribution in [0.2, 0.25) is 0 Å². The van der Waals surface area contributed by atoms with Crippen LogP contribution in [0.4, 0.5) is 0 Å². The van der Waals surface area contributed by atoms with Crippen molar-refractivity contribution in [3.63, 3.8) is 0 Å². The molecule has 2 unspecified atom stereocenters. The van der Waals surface area contributed by atoms with Gasteiger partial charge in [-0.3, -0.25) is 9.59 Å². The minimum absolute atomic E-state index is 0.0505. The van der Waals surface area contributed by atoms with E-state index in [0.717, 1.165) is 142 Å². The van der Waals surface area contributed by atoms with Gasteiger partial charge in [0.2, 0.25) is 0 Å². The van der Waals surface area contributed by atoms with Gasteiger partial charge in [-0.05, 0) is 77.2 Å². The van der Waals surface area contributed by atoms with Crippen molar-refractivity contribution >= 4 is 11.9 Å². The summed E-state index contributed by atoms with van der Waals surface area (Å²) in [5.74, 6) is 0.273. The molecule has 7 nitrogen and oxygen atoms in total. The zero-order valence-corrected chi connectivity index (χ0v) is 36.5. The molecule has 0 spiro atoms. The molecule has 1 saturated heterocycles. The number of hydrogen-bond donors (Lipinski definition) is 2. The van der Waals surface area contributed by atoms with Gasteiger partial charge in [0.25, 0.3) is 0 Å². The Kier molecular flexibility index (Phi) is 35.2. The molecular weight excluding hydrogens is 673 g/mol. The first-order valence-corrected chi connectivity index (χ1v) is 23.9. The van der Waals surface area contributed by atoms with E-state index in [1.54, 1.807) is 0 Å². The second-order valence-corrected chi connectivity index (χ2v) is 16.9. The SMILES string of the molecule is CCCCCCC(CCCCCC)C(=O)OCCCCCC1CN(CCCCCO)CC(CCCCCOC(=O)C(CCCCCC)CCCCCC)N1. The molecule has 2 N–H and O–H groups in total. The molecule has 320 valence electrons. The highest BCUT2D eigenvalue weighted by Gasteiger charge is 2.26. The van der Waals surface area contributed by atoms with Crippen LogP contribution in [0.15, 0.2) is 0 Å². The van der Waals surface area contributed by atoms with Gasteiger partial charge in [-0.2, -0.15) is 0 Å². The van der Waals surface area contributed by atoms with Gasteiger partial charge < -0.3 is 24.8 Å². The van der Waals surface area contributed by atoms with Crippen molar-refractivity contribution in [2.24, 2.45) is 11.8 Å². The number of unbranched alkanes of at least 4 members (excludes halogenated alkanes) is 18. The number of rotatable bonds is 39. The summed E-state index contributed by atoms with van der Waals surface area (Å²) in [6, 6.07) is 0.986. The molecule has 0 aromatic rings. The second-order valence-electron chi connectivity index (χ2n) is 16.9. The molecule has 2 atom stereocenters. The molecule has 1 aliphatic heterocycles. The molecule has 0 aromatic heterocycles. The van der Waals surface area contributed by atoms with Gasteiger partial charge in [0.15, 0.2) is 0 Å². The van der Waals surface area contributed by atoms with Crippen LogP contribution in [-0.2, 0) is 19.1 Å². The molecule has 0 saturated carbocycles. The van der Waals surface area contributed by atoms with Gasteiger partial charge in [-0.1, -0.05) is 156 Å². The van der Waals surface area contributed by atoms with Crippen molar-refractivity contribution in [3.05, 3.63) is 0 Å². The van der Waals surface area contributed by atoms with E-state index in [4.69, 9.17) is 9.47 Å². The van der Waals surface area contributed by atoms with Gasteiger partial charge in [-0.25, -0.2) is 0 Å². The molecule has 0 bridgehead atoms. The van der Waals surface area contributed by atoms with E-state index < -0.39 is 0 Å². The summed E-state index contributed by atoms with van der Waals surface area (Å²) in [7, 11) is 0. The van der Waals surface area contributed by atoms with Gasteiger partial charge in [0.05, 0.1) is 25.0 Å². The molecule has 0 amide bonds. The molecule has 54 heavy (non-hydrogen) atoms. The first-order chi connectivity index (χ1) is 26.5. The van der Waals surface area contributed by atoms with E-state index in [-0.39, 0.29) is 30.4 Å². The lowest BCUT2D eigenvalue weighted by atomic mass is 9.94. The van der Waals surface area contributed by atoms with E-state index in [0.29, 0.717) is 25.3 Å². The Morgan fingerprint density at radius 2 is 0.889 bits per heavy atom. The Labute approximate surface area is 335 Å². The van der Waals surface area contributed by atoms with E-state index in [9.17, 15) is 14.7 Å². The smallest absolute Gasteiger partial charge is 0.308 e. The molecule has 0 radical (unpaired) electrons. The fraction of sp³-hybridized carbons (Fsp3) is 0.957. The lowest BCUT2D eigenvalue weighted by Crippen LogP contribution is -2.56. The van der Waals surface area contributed by atoms with Crippen LogP contribution in [0.5, 0.6) is 0 Å². The monoisotopic (exact) mass is 765 g/mol. The Hall–Kier alpha value is -1.18. The van der Waals surface area contributed by atoms with Crippen molar-refractivity contribution in [1.29, 1.82) is 0 Å². The second kappa shape index (κ2) is 37.4. The number of carbonyl (C=O) groups is 2. The number of aliphatic hydroxyl groups is 1. The fourth-order valence-corrected chi connectivity index (χ4v) is 8.24. The van der Waals surface area contributed by atoms with Crippen molar-refractivity contribution in [2.75, 3.05) is 39.5 Å². The average Bonchev–Trinajstić information content (AvgIpc) is 3.17. The molecule has 0 aliphatic carbocycles. The first-order valence-electron chi connectivity index (χ1n) is 23.9. The van der Waals surface area contributed by atoms with E-state index >= 15 is 0 Å². The van der Waals surface area contributed by atoms with Gasteiger partial charge in [0.1, 0.15) is 0 Å². The van der Waals surface area contributed by atoms with Crippen LogP contribution in [0.25, 0.3) is 0 Å². The normalized spacial score (nSPS) is 16.4. The largest absolute Gasteiger partial charge is 0.465 e. The number of ether oxygens (including phenoxy) is 2. The number of nitrogens with one attached hydrogen (secondary N) is 1.